The van der Waals surface area contributed by atoms with Gasteiger partial charge in [-0.3, -0.25) is 0 Å². The Morgan fingerprint density at radius 2 is 1.11 bits per heavy atom. The fourth-order valence-corrected chi connectivity index (χ4v) is 8.49. The number of fused-ring (bicyclic) bond motifs is 9. The van der Waals surface area contributed by atoms with Gasteiger partial charge in [0.05, 0.1) is 11.1 Å². The van der Waals surface area contributed by atoms with Crippen LogP contribution in [0, 0.1) is 0 Å². The highest BCUT2D eigenvalue weighted by Gasteiger charge is 2.20. The molecule has 1 aliphatic carbocycles. The van der Waals surface area contributed by atoms with E-state index in [4.69, 9.17) is 8.83 Å². The van der Waals surface area contributed by atoms with Gasteiger partial charge in [0.25, 0.3) is 0 Å². The van der Waals surface area contributed by atoms with Crippen molar-refractivity contribution in [3.05, 3.63) is 181 Å². The molecule has 3 heteroatoms. The zero-order chi connectivity index (χ0) is 34.9. The lowest BCUT2D eigenvalue weighted by atomic mass is 9.91. The Labute approximate surface area is 306 Å². The molecule has 2 heterocycles. The van der Waals surface area contributed by atoms with Crippen LogP contribution in [0.2, 0.25) is 0 Å². The van der Waals surface area contributed by atoms with Crippen molar-refractivity contribution in [2.75, 3.05) is 5.32 Å². The van der Waals surface area contributed by atoms with Crippen LogP contribution < -0.4 is 5.32 Å². The Balaban J connectivity index is 0.972. The third-order valence-corrected chi connectivity index (χ3v) is 11.0. The predicted molar refractivity (Wildman–Crippen MR) is 222 cm³/mol. The van der Waals surface area contributed by atoms with E-state index in [0.717, 1.165) is 68.6 Å². The molecular formula is C50H33NO2. The minimum Gasteiger partial charge on any atom is -0.456 e. The van der Waals surface area contributed by atoms with Gasteiger partial charge < -0.3 is 14.2 Å². The Morgan fingerprint density at radius 3 is 1.98 bits per heavy atom. The fourth-order valence-electron chi connectivity index (χ4n) is 8.49. The Hall–Kier alpha value is -6.84. The maximum Gasteiger partial charge on any atom is 0.137 e. The van der Waals surface area contributed by atoms with Crippen molar-refractivity contribution in [2.24, 2.45) is 0 Å². The summed E-state index contributed by atoms with van der Waals surface area (Å²) in [6.45, 7) is 0. The molecule has 53 heavy (non-hydrogen) atoms. The summed E-state index contributed by atoms with van der Waals surface area (Å²) in [7, 11) is 0. The smallest absolute Gasteiger partial charge is 0.137 e. The van der Waals surface area contributed by atoms with E-state index in [1.165, 1.54) is 54.8 Å². The number of anilines is 2. The molecule has 1 N–H and O–H groups in total. The van der Waals surface area contributed by atoms with Gasteiger partial charge in [-0.05, 0) is 122 Å². The largest absolute Gasteiger partial charge is 0.456 e. The summed E-state index contributed by atoms with van der Waals surface area (Å²) >= 11 is 0. The van der Waals surface area contributed by atoms with Crippen LogP contribution in [0.25, 0.3) is 88.4 Å². The van der Waals surface area contributed by atoms with Crippen LogP contribution in [-0.2, 0) is 6.42 Å². The van der Waals surface area contributed by atoms with Gasteiger partial charge in [-0.2, -0.15) is 0 Å². The lowest BCUT2D eigenvalue weighted by Crippen LogP contribution is -1.97. The molecule has 0 bridgehead atoms. The van der Waals surface area contributed by atoms with Gasteiger partial charge in [0.1, 0.15) is 22.5 Å². The minimum atomic E-state index is 0.861. The van der Waals surface area contributed by atoms with Gasteiger partial charge in [0.2, 0.25) is 0 Å². The molecule has 1 aliphatic rings. The highest BCUT2D eigenvalue weighted by atomic mass is 16.3. The summed E-state index contributed by atoms with van der Waals surface area (Å²) < 4.78 is 12.7. The zero-order valence-electron chi connectivity index (χ0n) is 28.9. The highest BCUT2D eigenvalue weighted by molar-refractivity contribution is 6.18. The molecule has 0 aliphatic heterocycles. The maximum atomic E-state index is 6.51. The second-order valence-corrected chi connectivity index (χ2v) is 14.0. The van der Waals surface area contributed by atoms with Gasteiger partial charge in [0.15, 0.2) is 0 Å². The summed E-state index contributed by atoms with van der Waals surface area (Å²) in [6.07, 6.45) is 4.20. The van der Waals surface area contributed by atoms with Crippen LogP contribution in [0.4, 0.5) is 11.4 Å². The number of aryl methyl sites for hydroxylation is 1. The molecule has 0 atom stereocenters. The van der Waals surface area contributed by atoms with Crippen LogP contribution >= 0.6 is 0 Å². The molecule has 0 spiro atoms. The average molecular weight is 680 g/mol. The van der Waals surface area contributed by atoms with Crippen molar-refractivity contribution in [3.8, 4) is 22.3 Å². The van der Waals surface area contributed by atoms with Gasteiger partial charge in [-0.25, -0.2) is 0 Å². The third kappa shape index (κ3) is 4.89. The van der Waals surface area contributed by atoms with Gasteiger partial charge >= 0.3 is 0 Å². The molecule has 3 nitrogen and oxygen atoms in total. The van der Waals surface area contributed by atoms with E-state index in [0.29, 0.717) is 0 Å². The fraction of sp³-hybridized carbons (Fsp3) is 0.0400. The van der Waals surface area contributed by atoms with Crippen LogP contribution in [0.3, 0.4) is 0 Å². The summed E-state index contributed by atoms with van der Waals surface area (Å²) in [5.74, 6) is 0.986. The molecule has 250 valence electrons. The number of benzene rings is 8. The number of hydrogen-bond donors (Lipinski definition) is 1. The van der Waals surface area contributed by atoms with Crippen LogP contribution in [0.15, 0.2) is 173 Å². The van der Waals surface area contributed by atoms with E-state index in [9.17, 15) is 0 Å². The van der Waals surface area contributed by atoms with Crippen LogP contribution in [-0.4, -0.2) is 0 Å². The number of nitrogens with one attached hydrogen (secondary N) is 1. The van der Waals surface area contributed by atoms with E-state index in [-0.39, 0.29) is 0 Å². The number of hydrogen-bond acceptors (Lipinski definition) is 3. The monoisotopic (exact) mass is 679 g/mol. The van der Waals surface area contributed by atoms with Crippen molar-refractivity contribution in [1.82, 2.24) is 0 Å². The molecule has 0 saturated carbocycles. The molecule has 0 fully saturated rings. The van der Waals surface area contributed by atoms with Gasteiger partial charge in [-0.1, -0.05) is 115 Å². The second-order valence-electron chi connectivity index (χ2n) is 14.0. The number of furan rings is 2. The SMILES string of the molecule is C1=C(c2ccc(Nc3cccc4oc5cccc(-c6cccc(-c7cc8ccccc8c8ccccc78)c6)c5c34)cc2)CCc2c1oc1ccccc21. The molecular weight excluding hydrogens is 647 g/mol. The first-order valence-electron chi connectivity index (χ1n) is 18.3. The molecule has 0 radical (unpaired) electrons. The molecule has 11 rings (SSSR count). The van der Waals surface area contributed by atoms with Crippen molar-refractivity contribution < 1.29 is 8.83 Å². The molecule has 0 amide bonds. The average Bonchev–Trinajstić information content (AvgIpc) is 3.80. The van der Waals surface area contributed by atoms with Crippen molar-refractivity contribution in [1.29, 1.82) is 0 Å². The van der Waals surface area contributed by atoms with Crippen molar-refractivity contribution in [2.45, 2.75) is 12.8 Å². The quantitative estimate of drug-likeness (QED) is 0.184. The molecule has 0 unspecified atom stereocenters. The Kier molecular flexibility index (Phi) is 6.68. The summed E-state index contributed by atoms with van der Waals surface area (Å²) in [5, 5.41) is 12.2. The summed E-state index contributed by atoms with van der Waals surface area (Å²) in [5.41, 5.74) is 13.3. The van der Waals surface area contributed by atoms with E-state index < -0.39 is 0 Å². The molecule has 10 aromatic rings. The molecule has 0 saturated heterocycles. The number of para-hydroxylation sites is 1. The first kappa shape index (κ1) is 29.8. The van der Waals surface area contributed by atoms with Gasteiger partial charge in [-0.15, -0.1) is 0 Å². The van der Waals surface area contributed by atoms with E-state index in [2.05, 4.69) is 169 Å². The summed E-state index contributed by atoms with van der Waals surface area (Å²) in [4.78, 5) is 0. The summed E-state index contributed by atoms with van der Waals surface area (Å²) in [6, 6.07) is 58.4. The standard InChI is InChI=1S/C50H33NO2/c1-2-13-37-35(10-1)29-43(40-15-4-3-14-39(37)40)34-12-7-11-33(28-34)38-17-8-20-46-49(38)50-44(18-9-21-47(50)53-46)51-36-25-22-31(23-26-36)32-24-27-42-41-16-5-6-19-45(41)52-48(42)30-32/h1-23,25-26,28-30,51H,24,27H2. The predicted octanol–water partition coefficient (Wildman–Crippen LogP) is 14.2. The van der Waals surface area contributed by atoms with E-state index >= 15 is 0 Å². The van der Waals surface area contributed by atoms with Crippen LogP contribution in [0.1, 0.15) is 23.3 Å². The molecule has 2 aromatic heterocycles. The van der Waals surface area contributed by atoms with Crippen molar-refractivity contribution in [3.63, 3.8) is 0 Å². The number of allylic oxidation sites excluding steroid dienone is 1. The normalized spacial score (nSPS) is 12.9. The Bertz CT molecular complexity index is 3090. The zero-order valence-corrected chi connectivity index (χ0v) is 28.9. The Morgan fingerprint density at radius 1 is 0.434 bits per heavy atom. The second kappa shape index (κ2) is 11.9. The van der Waals surface area contributed by atoms with E-state index in [1.807, 2.05) is 6.07 Å². The number of rotatable bonds is 5. The van der Waals surface area contributed by atoms with E-state index in [1.54, 1.807) is 0 Å². The molecule has 8 aromatic carbocycles. The first-order chi connectivity index (χ1) is 26.2. The first-order valence-corrected chi connectivity index (χ1v) is 18.3. The van der Waals surface area contributed by atoms with Gasteiger partial charge in [0, 0.05) is 22.0 Å². The maximum absolute atomic E-state index is 6.51. The topological polar surface area (TPSA) is 38.3 Å². The van der Waals surface area contributed by atoms with Crippen LogP contribution in [0.5, 0.6) is 0 Å². The lowest BCUT2D eigenvalue weighted by Gasteiger charge is -2.14. The van der Waals surface area contributed by atoms with Crippen molar-refractivity contribution >= 4 is 77.5 Å². The highest BCUT2D eigenvalue weighted by Crippen LogP contribution is 2.43. The third-order valence-electron chi connectivity index (χ3n) is 11.0. The minimum absolute atomic E-state index is 0.861. The lowest BCUT2D eigenvalue weighted by molar-refractivity contribution is 0.596.